The maximum absolute atomic E-state index is 12.8. The average molecular weight is 387 g/mol. The summed E-state index contributed by atoms with van der Waals surface area (Å²) in [6.07, 6.45) is 1.72. The molecule has 27 heavy (non-hydrogen) atoms. The lowest BCUT2D eigenvalue weighted by atomic mass is 10.2. The van der Waals surface area contributed by atoms with Gasteiger partial charge in [-0.3, -0.25) is 9.36 Å². The van der Waals surface area contributed by atoms with Crippen molar-refractivity contribution >= 4 is 29.8 Å². The molecule has 0 saturated heterocycles. The molecule has 0 radical (unpaired) electrons. The number of hydrogen-bond acceptors (Lipinski definition) is 5. The van der Waals surface area contributed by atoms with Gasteiger partial charge >= 0.3 is 7.60 Å². The van der Waals surface area contributed by atoms with Crippen molar-refractivity contribution in [1.29, 1.82) is 0 Å². The zero-order valence-electron chi connectivity index (χ0n) is 15.3. The van der Waals surface area contributed by atoms with Gasteiger partial charge in [-0.15, -0.1) is 0 Å². The molecule has 0 fully saturated rings. The zero-order chi connectivity index (χ0) is 19.4. The molecular formula is C19H22N3O4P. The van der Waals surface area contributed by atoms with Crippen LogP contribution >= 0.6 is 7.60 Å². The van der Waals surface area contributed by atoms with Crippen molar-refractivity contribution in [3.8, 4) is 0 Å². The Bertz CT molecular complexity index is 988. The Labute approximate surface area is 157 Å². The fraction of sp³-hybridized carbons (Fsp3) is 0.263. The summed E-state index contributed by atoms with van der Waals surface area (Å²) in [4.78, 5) is 15.6. The Morgan fingerprint density at radius 3 is 2.37 bits per heavy atom. The Kier molecular flexibility index (Phi) is 5.75. The first kappa shape index (κ1) is 19.3. The topological polar surface area (TPSA) is 96.4 Å². The molecule has 0 aliphatic carbocycles. The van der Waals surface area contributed by atoms with E-state index < -0.39 is 13.5 Å². The lowest BCUT2D eigenvalue weighted by molar-refractivity contribution is 0.100. The highest BCUT2D eigenvalue weighted by Gasteiger charge is 2.26. The average Bonchev–Trinajstić information content (AvgIpc) is 3.05. The summed E-state index contributed by atoms with van der Waals surface area (Å²) in [5.74, 6) is -0.477. The summed E-state index contributed by atoms with van der Waals surface area (Å²) in [6, 6.07) is 12.5. The molecule has 2 aromatic carbocycles. The second-order valence-corrected chi connectivity index (χ2v) is 7.97. The van der Waals surface area contributed by atoms with E-state index in [1.165, 1.54) is 0 Å². The van der Waals surface area contributed by atoms with E-state index >= 15 is 0 Å². The number of rotatable bonds is 8. The number of carbonyl (C=O) groups excluding carboxylic acids is 1. The number of benzene rings is 2. The summed E-state index contributed by atoms with van der Waals surface area (Å²) in [5, 5.41) is 0.538. The fourth-order valence-electron chi connectivity index (χ4n) is 2.85. The van der Waals surface area contributed by atoms with Crippen LogP contribution in [0.5, 0.6) is 0 Å². The molecule has 0 spiro atoms. The molecule has 0 bridgehead atoms. The summed E-state index contributed by atoms with van der Waals surface area (Å²) >= 11 is 0. The number of carbonyl (C=O) groups is 1. The first-order chi connectivity index (χ1) is 13.0. The Balaban J connectivity index is 1.83. The second-order valence-electron chi connectivity index (χ2n) is 5.94. The van der Waals surface area contributed by atoms with Crippen LogP contribution in [0.1, 0.15) is 29.8 Å². The number of imidazole rings is 1. The molecule has 0 saturated carbocycles. The molecule has 1 amide bonds. The maximum atomic E-state index is 12.8. The maximum Gasteiger partial charge on any atom is 0.361 e. The predicted molar refractivity (Wildman–Crippen MR) is 104 cm³/mol. The molecule has 3 rings (SSSR count). The first-order valence-corrected chi connectivity index (χ1v) is 10.2. The molecule has 7 nitrogen and oxygen atoms in total. The van der Waals surface area contributed by atoms with Crippen LogP contribution in [0, 0.1) is 0 Å². The fourth-order valence-corrected chi connectivity index (χ4v) is 4.42. The van der Waals surface area contributed by atoms with Crippen molar-refractivity contribution in [3.63, 3.8) is 0 Å². The van der Waals surface area contributed by atoms with Gasteiger partial charge in [0.2, 0.25) is 5.91 Å². The zero-order valence-corrected chi connectivity index (χ0v) is 16.2. The molecule has 1 heterocycles. The summed E-state index contributed by atoms with van der Waals surface area (Å²) in [6.45, 7) is 4.78. The number of nitrogens with zero attached hydrogens (tertiary/aromatic N) is 2. The molecule has 2 N–H and O–H groups in total. The summed E-state index contributed by atoms with van der Waals surface area (Å²) in [7, 11) is -3.28. The standard InChI is InChI=1S/C19H22N3O4P/c1-3-25-27(24,26-4-2)16-8-5-14(6-9-16)12-22-13-21-17-11-15(19(20)23)7-10-18(17)22/h5-11,13H,3-4,12H2,1-2H3,(H2,20,23). The van der Waals surface area contributed by atoms with Crippen molar-refractivity contribution < 1.29 is 18.4 Å². The molecule has 0 aliphatic rings. The number of amides is 1. The molecule has 0 aliphatic heterocycles. The van der Waals surface area contributed by atoms with Crippen LogP contribution in [0.25, 0.3) is 11.0 Å². The third-order valence-corrected chi connectivity index (χ3v) is 6.24. The van der Waals surface area contributed by atoms with Gasteiger partial charge < -0.3 is 19.3 Å². The molecule has 3 aromatic rings. The quantitative estimate of drug-likeness (QED) is 0.599. The third kappa shape index (κ3) is 4.11. The van der Waals surface area contributed by atoms with Crippen molar-refractivity contribution in [1.82, 2.24) is 9.55 Å². The van der Waals surface area contributed by atoms with Gasteiger partial charge in [0.1, 0.15) is 0 Å². The van der Waals surface area contributed by atoms with Crippen molar-refractivity contribution in [2.24, 2.45) is 5.73 Å². The third-order valence-electron chi connectivity index (χ3n) is 4.11. The highest BCUT2D eigenvalue weighted by molar-refractivity contribution is 7.62. The molecular weight excluding hydrogens is 365 g/mol. The minimum atomic E-state index is -3.28. The normalized spacial score (nSPS) is 11.8. The molecule has 142 valence electrons. The number of nitrogens with two attached hydrogens (primary N) is 1. The first-order valence-electron chi connectivity index (χ1n) is 8.70. The Morgan fingerprint density at radius 1 is 1.11 bits per heavy atom. The molecule has 0 unspecified atom stereocenters. The van der Waals surface area contributed by atoms with Crippen LogP contribution in [-0.2, 0) is 20.2 Å². The summed E-state index contributed by atoms with van der Waals surface area (Å²) in [5.41, 5.74) is 8.36. The Hall–Kier alpha value is -2.47. The van der Waals surface area contributed by atoms with E-state index in [4.69, 9.17) is 14.8 Å². The van der Waals surface area contributed by atoms with E-state index in [-0.39, 0.29) is 0 Å². The van der Waals surface area contributed by atoms with Gasteiger partial charge in [-0.25, -0.2) is 4.98 Å². The Morgan fingerprint density at radius 2 is 1.78 bits per heavy atom. The van der Waals surface area contributed by atoms with E-state index in [1.807, 2.05) is 22.8 Å². The molecule has 0 atom stereocenters. The van der Waals surface area contributed by atoms with Crippen molar-refractivity contribution in [3.05, 3.63) is 59.9 Å². The van der Waals surface area contributed by atoms with Gasteiger partial charge in [0.25, 0.3) is 0 Å². The SMILES string of the molecule is CCOP(=O)(OCC)c1ccc(Cn2cnc3cc(C(N)=O)ccc32)cc1. The predicted octanol–water partition coefficient (Wildman–Crippen LogP) is 3.07. The smallest absolute Gasteiger partial charge is 0.361 e. The number of hydrogen-bond donors (Lipinski definition) is 1. The largest absolute Gasteiger partial charge is 0.366 e. The van der Waals surface area contributed by atoms with E-state index in [2.05, 4.69) is 4.98 Å². The minimum absolute atomic E-state index is 0.313. The number of aromatic nitrogens is 2. The number of fused-ring (bicyclic) bond motifs is 1. The number of primary amides is 1. The van der Waals surface area contributed by atoms with Crippen LogP contribution in [0.4, 0.5) is 0 Å². The van der Waals surface area contributed by atoms with Crippen LogP contribution in [0.3, 0.4) is 0 Å². The van der Waals surface area contributed by atoms with Gasteiger partial charge in [0, 0.05) is 12.1 Å². The van der Waals surface area contributed by atoms with Crippen LogP contribution < -0.4 is 11.0 Å². The van der Waals surface area contributed by atoms with Crippen molar-refractivity contribution in [2.45, 2.75) is 20.4 Å². The van der Waals surface area contributed by atoms with E-state index in [9.17, 15) is 9.36 Å². The lowest BCUT2D eigenvalue weighted by Crippen LogP contribution is -2.11. The molecule has 8 heteroatoms. The van der Waals surface area contributed by atoms with Gasteiger partial charge in [-0.1, -0.05) is 12.1 Å². The van der Waals surface area contributed by atoms with E-state index in [0.717, 1.165) is 11.1 Å². The van der Waals surface area contributed by atoms with Gasteiger partial charge in [0.05, 0.1) is 35.9 Å². The van der Waals surface area contributed by atoms with Crippen LogP contribution in [-0.4, -0.2) is 28.7 Å². The van der Waals surface area contributed by atoms with Crippen molar-refractivity contribution in [2.75, 3.05) is 13.2 Å². The summed E-state index contributed by atoms with van der Waals surface area (Å²) < 4.78 is 25.5. The highest BCUT2D eigenvalue weighted by atomic mass is 31.2. The van der Waals surface area contributed by atoms with Gasteiger partial charge in [-0.05, 0) is 49.7 Å². The van der Waals surface area contributed by atoms with E-state index in [1.54, 1.807) is 44.4 Å². The minimum Gasteiger partial charge on any atom is -0.366 e. The second kappa shape index (κ2) is 8.05. The lowest BCUT2D eigenvalue weighted by Gasteiger charge is -2.17. The van der Waals surface area contributed by atoms with Crippen LogP contribution in [0.2, 0.25) is 0 Å². The monoisotopic (exact) mass is 387 g/mol. The van der Waals surface area contributed by atoms with E-state index in [0.29, 0.717) is 36.1 Å². The van der Waals surface area contributed by atoms with Gasteiger partial charge in [-0.2, -0.15) is 0 Å². The van der Waals surface area contributed by atoms with Crippen LogP contribution in [0.15, 0.2) is 48.8 Å². The molecule has 1 aromatic heterocycles. The van der Waals surface area contributed by atoms with Gasteiger partial charge in [0.15, 0.2) is 0 Å². The highest BCUT2D eigenvalue weighted by Crippen LogP contribution is 2.46.